The van der Waals surface area contributed by atoms with Crippen molar-refractivity contribution in [1.82, 2.24) is 0 Å². The number of hydrogen-bond donors (Lipinski definition) is 9. The Bertz CT molecular complexity index is 1620. The van der Waals surface area contributed by atoms with Gasteiger partial charge in [0.15, 0.2) is 29.3 Å². The topological polar surface area (TPSA) is 276 Å². The van der Waals surface area contributed by atoms with Gasteiger partial charge < -0.3 is 74.1 Å². The van der Waals surface area contributed by atoms with Crippen molar-refractivity contribution in [2.24, 2.45) is 0 Å². The van der Waals surface area contributed by atoms with Gasteiger partial charge in [-0.2, -0.15) is 0 Å². The normalized spacial score (nSPS) is 31.5. The number of hydrogen-bond acceptors (Lipinski definition) is 17. The summed E-state index contributed by atoms with van der Waals surface area (Å²) < 4.78 is 33.2. The van der Waals surface area contributed by atoms with Gasteiger partial charge in [0.25, 0.3) is 0 Å². The van der Waals surface area contributed by atoms with Gasteiger partial charge in [-0.3, -0.25) is 9.59 Å². The van der Waals surface area contributed by atoms with Crippen LogP contribution in [0, 0.1) is 0 Å². The lowest BCUT2D eigenvalue weighted by Gasteiger charge is -2.45. The van der Waals surface area contributed by atoms with Crippen LogP contribution in [0.15, 0.2) is 45.6 Å². The predicted octanol–water partition coefficient (Wildman–Crippen LogP) is -1.85. The van der Waals surface area contributed by atoms with Crippen LogP contribution < -0.4 is 10.2 Å². The number of fused-ring (bicyclic) bond motifs is 1. The van der Waals surface area contributed by atoms with Crippen molar-refractivity contribution in [3.63, 3.8) is 0 Å². The Labute approximate surface area is 258 Å². The molecule has 10 atom stereocenters. The molecule has 3 heterocycles. The fourth-order valence-corrected chi connectivity index (χ4v) is 5.08. The summed E-state index contributed by atoms with van der Waals surface area (Å²) in [4.78, 5) is 24.1. The summed E-state index contributed by atoms with van der Waals surface area (Å²) in [6, 6.07) is 6.93. The Morgan fingerprint density at radius 3 is 2.17 bits per heavy atom. The lowest BCUT2D eigenvalue weighted by molar-refractivity contribution is -0.358. The average molecular weight is 653 g/mol. The number of aliphatic hydroxyl groups excluding tert-OH is 6. The molecule has 0 bridgehead atoms. The molecular weight excluding hydrogens is 620 g/mol. The summed E-state index contributed by atoms with van der Waals surface area (Å²) >= 11 is 0. The fourth-order valence-electron chi connectivity index (χ4n) is 5.08. The summed E-state index contributed by atoms with van der Waals surface area (Å²) in [6.07, 6.45) is -17.2. The second-order valence-corrected chi connectivity index (χ2v) is 10.7. The van der Waals surface area contributed by atoms with Crippen molar-refractivity contribution in [3.05, 3.63) is 46.6 Å². The Morgan fingerprint density at radius 2 is 1.50 bits per heavy atom. The number of ether oxygens (including phenoxy) is 5. The van der Waals surface area contributed by atoms with Crippen LogP contribution in [0.25, 0.3) is 22.3 Å². The minimum atomic E-state index is -1.92. The van der Waals surface area contributed by atoms with Crippen molar-refractivity contribution >= 4 is 16.9 Å². The van der Waals surface area contributed by atoms with E-state index in [9.17, 15) is 55.5 Å². The van der Waals surface area contributed by atoms with Crippen LogP contribution in [0.2, 0.25) is 0 Å². The molecular formula is C29H32O17. The van der Waals surface area contributed by atoms with Crippen LogP contribution in [-0.2, 0) is 23.7 Å². The first-order chi connectivity index (χ1) is 21.8. The summed E-state index contributed by atoms with van der Waals surface area (Å²) in [5, 5.41) is 92.3. The highest BCUT2D eigenvalue weighted by atomic mass is 16.8. The number of aromatic hydroxyl groups is 3. The van der Waals surface area contributed by atoms with E-state index in [0.717, 1.165) is 25.1 Å². The molecule has 17 heteroatoms. The minimum absolute atomic E-state index is 0.0501. The van der Waals surface area contributed by atoms with Crippen LogP contribution in [0.4, 0.5) is 0 Å². The predicted molar refractivity (Wildman–Crippen MR) is 149 cm³/mol. The van der Waals surface area contributed by atoms with E-state index in [0.29, 0.717) is 0 Å². The van der Waals surface area contributed by atoms with Crippen LogP contribution >= 0.6 is 0 Å². The quantitative estimate of drug-likeness (QED) is 0.0954. The molecule has 2 aliphatic rings. The van der Waals surface area contributed by atoms with Gasteiger partial charge in [-0.15, -0.1) is 0 Å². The largest absolute Gasteiger partial charge is 0.507 e. The van der Waals surface area contributed by atoms with Gasteiger partial charge in [0.05, 0.1) is 6.61 Å². The van der Waals surface area contributed by atoms with Gasteiger partial charge in [0.1, 0.15) is 77.6 Å². The lowest BCUT2D eigenvalue weighted by Crippen LogP contribution is -2.65. The number of phenolic OH excluding ortho intramolecular Hbond substituents is 3. The van der Waals surface area contributed by atoms with E-state index in [1.165, 1.54) is 18.2 Å². The number of phenols is 3. The van der Waals surface area contributed by atoms with Gasteiger partial charge in [0, 0.05) is 30.7 Å². The van der Waals surface area contributed by atoms with Gasteiger partial charge in [-0.25, -0.2) is 0 Å². The number of rotatable bonds is 8. The second kappa shape index (κ2) is 13.4. The first-order valence-electron chi connectivity index (χ1n) is 13.9. The summed E-state index contributed by atoms with van der Waals surface area (Å²) in [5.74, 6) is -2.48. The van der Waals surface area contributed by atoms with Crippen molar-refractivity contribution in [2.45, 2.75) is 68.3 Å². The zero-order chi connectivity index (χ0) is 33.4. The molecule has 0 spiro atoms. The van der Waals surface area contributed by atoms with Crippen molar-refractivity contribution in [3.8, 4) is 34.3 Å². The maximum Gasteiger partial charge on any atom is 0.302 e. The van der Waals surface area contributed by atoms with Crippen molar-refractivity contribution in [1.29, 1.82) is 0 Å². The summed E-state index contributed by atoms with van der Waals surface area (Å²) in [5.41, 5.74) is -0.666. The number of aliphatic hydroxyl groups is 6. The van der Waals surface area contributed by atoms with Gasteiger partial charge >= 0.3 is 5.97 Å². The van der Waals surface area contributed by atoms with Crippen molar-refractivity contribution in [2.75, 3.05) is 13.2 Å². The van der Waals surface area contributed by atoms with Crippen LogP contribution in [0.1, 0.15) is 6.92 Å². The Hall–Kier alpha value is -4.04. The van der Waals surface area contributed by atoms with Gasteiger partial charge in [0.2, 0.25) is 6.29 Å². The smallest absolute Gasteiger partial charge is 0.302 e. The van der Waals surface area contributed by atoms with Gasteiger partial charge in [-0.1, -0.05) is 0 Å². The second-order valence-electron chi connectivity index (χ2n) is 10.7. The molecule has 17 nitrogen and oxygen atoms in total. The molecule has 0 unspecified atom stereocenters. The highest BCUT2D eigenvalue weighted by Crippen LogP contribution is 2.36. The molecule has 3 aromatic rings. The van der Waals surface area contributed by atoms with E-state index in [1.54, 1.807) is 0 Å². The monoisotopic (exact) mass is 652 g/mol. The van der Waals surface area contributed by atoms with Crippen molar-refractivity contribution < 1.29 is 78.9 Å². The summed E-state index contributed by atoms with van der Waals surface area (Å²) in [7, 11) is 0. The molecule has 0 saturated carbocycles. The molecule has 5 rings (SSSR count). The number of esters is 1. The molecule has 0 amide bonds. The molecule has 1 aromatic heterocycles. The molecule has 2 aromatic carbocycles. The van der Waals surface area contributed by atoms with Crippen LogP contribution in [0.5, 0.6) is 23.0 Å². The SMILES string of the molecule is CC(=O)OC[C@@H]1O[C@@H](O[C@@H]2[C@@H](Oc3cc(O)c4c(=O)cc(-c5ccc(O)c(O)c5)oc4c3)O[C@@H](CO)[C@H](O)[C@H]2O)[C@@H](O)[C@@H](O)[C@H]1O. The highest BCUT2D eigenvalue weighted by Gasteiger charge is 2.51. The maximum absolute atomic E-state index is 12.9. The van der Waals surface area contributed by atoms with E-state index in [4.69, 9.17) is 28.1 Å². The molecule has 0 aliphatic carbocycles. The third kappa shape index (κ3) is 6.59. The van der Waals surface area contributed by atoms with Crippen LogP contribution in [0.3, 0.4) is 0 Å². The molecule has 9 N–H and O–H groups in total. The molecule has 0 radical (unpaired) electrons. The molecule has 250 valence electrons. The Balaban J connectivity index is 1.46. The van der Waals surface area contributed by atoms with E-state index >= 15 is 0 Å². The highest BCUT2D eigenvalue weighted by molar-refractivity contribution is 5.86. The van der Waals surface area contributed by atoms with E-state index < -0.39 is 103 Å². The lowest BCUT2D eigenvalue weighted by atomic mass is 9.97. The third-order valence-electron chi connectivity index (χ3n) is 7.53. The first-order valence-corrected chi connectivity index (χ1v) is 13.9. The molecule has 46 heavy (non-hydrogen) atoms. The van der Waals surface area contributed by atoms with E-state index in [1.807, 2.05) is 0 Å². The number of carbonyl (C=O) groups is 1. The Kier molecular flexibility index (Phi) is 9.68. The maximum atomic E-state index is 12.9. The van der Waals surface area contributed by atoms with Crippen LogP contribution in [-0.4, -0.2) is 127 Å². The van der Waals surface area contributed by atoms with E-state index in [2.05, 4.69) is 0 Å². The van der Waals surface area contributed by atoms with Gasteiger partial charge in [-0.05, 0) is 18.2 Å². The van der Waals surface area contributed by atoms with E-state index in [-0.39, 0.29) is 28.0 Å². The molecule has 2 aliphatic heterocycles. The number of carbonyl (C=O) groups excluding carboxylic acids is 1. The number of benzene rings is 2. The standard InChI is InChI=1S/C29H32O17/c1-10(31)41-9-20-23(37)24(38)26(40)28(45-20)46-27-25(39)22(36)19(8-30)44-29(27)42-12-5-15(34)21-16(35)7-17(43-18(21)6-12)11-2-3-13(32)14(33)4-11/h2-7,19-20,22-30,32-34,36-40H,8-9H2,1H3/t19-,20-,22-,23-,24-,25+,26-,27-,28-,29-/m0/s1. The Morgan fingerprint density at radius 1 is 0.804 bits per heavy atom. The first kappa shape index (κ1) is 33.3. The zero-order valence-electron chi connectivity index (χ0n) is 23.9. The molecule has 2 saturated heterocycles. The third-order valence-corrected chi connectivity index (χ3v) is 7.53. The summed E-state index contributed by atoms with van der Waals surface area (Å²) in [6.45, 7) is -0.227. The molecule has 2 fully saturated rings. The minimum Gasteiger partial charge on any atom is -0.507 e. The average Bonchev–Trinajstić information content (AvgIpc) is 3.00. The zero-order valence-corrected chi connectivity index (χ0v) is 23.9. The fraction of sp³-hybridized carbons (Fsp3) is 0.448.